The summed E-state index contributed by atoms with van der Waals surface area (Å²) in [7, 11) is -3.94. The summed E-state index contributed by atoms with van der Waals surface area (Å²) in [6, 6.07) is 40.5. The normalized spacial score (nSPS) is 14.6. The first kappa shape index (κ1) is 26.1. The molecule has 0 saturated heterocycles. The maximum absolute atomic E-state index is 15.4. The smallest absolute Gasteiger partial charge is 0.414 e. The Balaban J connectivity index is 1.47. The highest BCUT2D eigenvalue weighted by molar-refractivity contribution is 14.1. The predicted octanol–water partition coefficient (Wildman–Crippen LogP) is 10.3. The third kappa shape index (κ3) is 4.98. The second-order valence-electron chi connectivity index (χ2n) is 10.4. The second kappa shape index (κ2) is 10.6. The maximum atomic E-state index is 15.4. The van der Waals surface area contributed by atoms with E-state index in [1.165, 1.54) is 0 Å². The summed E-state index contributed by atoms with van der Waals surface area (Å²) in [5.74, 6) is 0.388. The van der Waals surface area contributed by atoms with Crippen LogP contribution < -0.4 is 14.4 Å². The third-order valence-corrected chi connectivity index (χ3v) is 10.3. The lowest BCUT2D eigenvalue weighted by Crippen LogP contribution is -2.20. The van der Waals surface area contributed by atoms with Gasteiger partial charge in [0.25, 0.3) is 0 Å². The summed E-state index contributed by atoms with van der Waals surface area (Å²) in [5.41, 5.74) is 4.77. The van der Waals surface area contributed by atoms with E-state index in [9.17, 15) is 0 Å². The van der Waals surface area contributed by atoms with Crippen LogP contribution in [0, 0.1) is 10.5 Å². The Morgan fingerprint density at radius 1 is 0.683 bits per heavy atom. The summed E-state index contributed by atoms with van der Waals surface area (Å²) < 4.78 is 29.7. The van der Waals surface area contributed by atoms with Gasteiger partial charge < -0.3 is 14.4 Å². The van der Waals surface area contributed by atoms with Crippen molar-refractivity contribution in [2.75, 3.05) is 5.32 Å². The fourth-order valence-corrected chi connectivity index (χ4v) is 7.88. The number of aryl methyl sites for hydroxylation is 1. The first-order valence-corrected chi connectivity index (χ1v) is 16.2. The van der Waals surface area contributed by atoms with Gasteiger partial charge in [-0.1, -0.05) is 90.5 Å². The summed E-state index contributed by atoms with van der Waals surface area (Å²) in [4.78, 5) is 0. The van der Waals surface area contributed by atoms with E-state index in [0.717, 1.165) is 53.1 Å². The Hall–Kier alpha value is -3.80. The van der Waals surface area contributed by atoms with Crippen LogP contribution >= 0.6 is 30.2 Å². The highest BCUT2D eigenvalue weighted by Gasteiger charge is 2.43. The topological polar surface area (TPSA) is 47.6 Å². The van der Waals surface area contributed by atoms with Crippen molar-refractivity contribution in [2.45, 2.75) is 19.1 Å². The molecule has 1 N–H and O–H groups in total. The summed E-state index contributed by atoms with van der Waals surface area (Å²) in [6.45, 7) is 2.04. The number of hydrogen-bond acceptors (Lipinski definition) is 4. The molecular formula is C35H27INO3P. The van der Waals surface area contributed by atoms with E-state index in [1.54, 1.807) is 0 Å². The largest absolute Gasteiger partial charge is 0.457 e. The lowest BCUT2D eigenvalue weighted by Gasteiger charge is -2.32. The van der Waals surface area contributed by atoms with Gasteiger partial charge in [-0.05, 0) is 93.0 Å². The molecule has 0 spiro atoms. The van der Waals surface area contributed by atoms with Gasteiger partial charge in [0.2, 0.25) is 0 Å². The molecule has 41 heavy (non-hydrogen) atoms. The molecule has 202 valence electrons. The molecule has 6 aromatic rings. The lowest BCUT2D eigenvalue weighted by molar-refractivity contribution is 0.371. The van der Waals surface area contributed by atoms with Gasteiger partial charge in [0, 0.05) is 26.8 Å². The van der Waals surface area contributed by atoms with Crippen molar-refractivity contribution in [1.82, 2.24) is 0 Å². The van der Waals surface area contributed by atoms with Crippen molar-refractivity contribution in [3.8, 4) is 11.5 Å². The number of nitrogens with one attached hydrogen (secondary N) is 1. The number of hydrogen-bond donors (Lipinski definition) is 1. The van der Waals surface area contributed by atoms with E-state index >= 15 is 4.57 Å². The van der Waals surface area contributed by atoms with E-state index < -0.39 is 13.4 Å². The van der Waals surface area contributed by atoms with E-state index in [2.05, 4.69) is 52.2 Å². The Morgan fingerprint density at radius 2 is 1.22 bits per heavy atom. The number of benzene rings is 6. The second-order valence-corrected chi connectivity index (χ2v) is 13.6. The van der Waals surface area contributed by atoms with E-state index in [4.69, 9.17) is 9.05 Å². The van der Waals surface area contributed by atoms with Crippen molar-refractivity contribution in [3.63, 3.8) is 0 Å². The van der Waals surface area contributed by atoms with Crippen LogP contribution in [0.2, 0.25) is 0 Å². The van der Waals surface area contributed by atoms with Crippen LogP contribution in [0.15, 0.2) is 121 Å². The fraction of sp³-hybridized carbons (Fsp3) is 0.0857. The van der Waals surface area contributed by atoms with Gasteiger partial charge in [-0.15, -0.1) is 0 Å². The van der Waals surface area contributed by atoms with Crippen LogP contribution in [0.3, 0.4) is 0 Å². The summed E-state index contributed by atoms with van der Waals surface area (Å²) >= 11 is 2.28. The molecule has 0 radical (unpaired) electrons. The molecule has 0 bridgehead atoms. The Kier molecular flexibility index (Phi) is 6.72. The zero-order valence-electron chi connectivity index (χ0n) is 22.4. The molecule has 6 heteroatoms. The third-order valence-electron chi connectivity index (χ3n) is 7.66. The van der Waals surface area contributed by atoms with Crippen molar-refractivity contribution < 1.29 is 13.6 Å². The molecule has 1 aliphatic heterocycles. The first-order valence-electron chi connectivity index (χ1n) is 13.6. The summed E-state index contributed by atoms with van der Waals surface area (Å²) in [6.07, 6.45) is 0.590. The molecule has 0 fully saturated rings. The minimum atomic E-state index is -3.94. The lowest BCUT2D eigenvalue weighted by atomic mass is 9.93. The zero-order valence-corrected chi connectivity index (χ0v) is 25.4. The Bertz CT molecular complexity index is 1860. The fourth-order valence-electron chi connectivity index (χ4n) is 5.54. The van der Waals surface area contributed by atoms with Crippen LogP contribution in [-0.4, -0.2) is 0 Å². The molecule has 1 heterocycles. The van der Waals surface area contributed by atoms with Gasteiger partial charge in [-0.2, -0.15) is 0 Å². The average molecular weight is 667 g/mol. The van der Waals surface area contributed by atoms with Crippen LogP contribution in [0.1, 0.15) is 28.0 Å². The van der Waals surface area contributed by atoms with Crippen molar-refractivity contribution in [1.29, 1.82) is 0 Å². The average Bonchev–Trinajstić information content (AvgIpc) is 2.98. The Labute approximate surface area is 253 Å². The van der Waals surface area contributed by atoms with Crippen molar-refractivity contribution in [3.05, 3.63) is 147 Å². The van der Waals surface area contributed by atoms with Crippen LogP contribution in [0.5, 0.6) is 11.5 Å². The zero-order chi connectivity index (χ0) is 28.0. The van der Waals surface area contributed by atoms with Gasteiger partial charge in [-0.3, -0.25) is 0 Å². The van der Waals surface area contributed by atoms with Crippen molar-refractivity contribution >= 4 is 57.4 Å². The van der Waals surface area contributed by atoms with E-state index in [0.29, 0.717) is 17.9 Å². The molecule has 4 nitrogen and oxygen atoms in total. The van der Waals surface area contributed by atoms with Crippen LogP contribution in [-0.2, 0) is 11.0 Å². The first-order chi connectivity index (χ1) is 20.0. The molecule has 6 aromatic carbocycles. The number of anilines is 1. The maximum Gasteiger partial charge on any atom is 0.457 e. The molecule has 1 aliphatic rings. The molecule has 1 atom stereocenters. The van der Waals surface area contributed by atoms with Gasteiger partial charge in [0.15, 0.2) is 5.78 Å². The number of fused-ring (bicyclic) bond motifs is 6. The van der Waals surface area contributed by atoms with E-state index in [1.807, 2.05) is 104 Å². The van der Waals surface area contributed by atoms with Gasteiger partial charge in [-0.25, -0.2) is 4.57 Å². The molecular weight excluding hydrogens is 640 g/mol. The molecule has 0 amide bonds. The number of rotatable bonds is 4. The highest BCUT2D eigenvalue weighted by atomic mass is 127. The van der Waals surface area contributed by atoms with Crippen molar-refractivity contribution in [2.24, 2.45) is 0 Å². The molecule has 0 aromatic heterocycles. The molecule has 1 unspecified atom stereocenters. The van der Waals surface area contributed by atoms with Gasteiger partial charge in [0.05, 0.1) is 0 Å². The highest BCUT2D eigenvalue weighted by Crippen LogP contribution is 2.62. The standard InChI is InChI=1S/C35H27INO3P/c1-23-10-12-26(13-11-23)35(37-28-18-16-27(36)17-19-28)41(38)39-33-20-14-24-6-2-4-8-29(24)31(33)22-32-30-9-5-3-7-25(30)15-21-34(32)40-41/h2-21,35,37H,22H2,1H3. The number of halogens is 1. The minimum Gasteiger partial charge on any atom is -0.414 e. The quantitative estimate of drug-likeness (QED) is 0.150. The minimum absolute atomic E-state index is 0.576. The summed E-state index contributed by atoms with van der Waals surface area (Å²) in [5, 5.41) is 7.90. The van der Waals surface area contributed by atoms with Crippen LogP contribution in [0.4, 0.5) is 5.69 Å². The monoisotopic (exact) mass is 667 g/mol. The van der Waals surface area contributed by atoms with E-state index in [-0.39, 0.29) is 0 Å². The van der Waals surface area contributed by atoms with Gasteiger partial charge >= 0.3 is 7.60 Å². The molecule has 7 rings (SSSR count). The molecule has 0 aliphatic carbocycles. The Morgan fingerprint density at radius 3 is 1.78 bits per heavy atom. The SMILES string of the molecule is Cc1ccc(C(Nc2ccc(I)cc2)P2(=O)Oc3ccc4ccccc4c3Cc3c(ccc4ccccc34)O2)cc1. The predicted molar refractivity (Wildman–Crippen MR) is 176 cm³/mol. The van der Waals surface area contributed by atoms with Gasteiger partial charge in [0.1, 0.15) is 11.5 Å². The van der Waals surface area contributed by atoms with Crippen LogP contribution in [0.25, 0.3) is 21.5 Å². The molecule has 0 saturated carbocycles.